The summed E-state index contributed by atoms with van der Waals surface area (Å²) in [7, 11) is 0. The first-order valence-corrected chi connectivity index (χ1v) is 4.50. The zero-order valence-electron chi connectivity index (χ0n) is 7.71. The molecule has 2 heterocycles. The fourth-order valence-corrected chi connectivity index (χ4v) is 1.81. The molecule has 2 bridgehead atoms. The van der Waals surface area contributed by atoms with Crippen LogP contribution in [0.4, 0.5) is 0 Å². The number of fused-ring (bicyclic) bond motifs is 2. The van der Waals surface area contributed by atoms with Crippen LogP contribution in [0.1, 0.15) is 6.92 Å². The van der Waals surface area contributed by atoms with Crippen molar-refractivity contribution in [1.29, 1.82) is 0 Å². The van der Waals surface area contributed by atoms with E-state index in [1.807, 2.05) is 0 Å². The second-order valence-corrected chi connectivity index (χ2v) is 3.58. The van der Waals surface area contributed by atoms with Gasteiger partial charge in [-0.25, -0.2) is 0 Å². The van der Waals surface area contributed by atoms with Gasteiger partial charge >= 0.3 is 0 Å². The molecule has 2 fully saturated rings. The second kappa shape index (κ2) is 3.47. The van der Waals surface area contributed by atoms with Gasteiger partial charge in [0.1, 0.15) is 18.3 Å². The van der Waals surface area contributed by atoms with Crippen molar-refractivity contribution >= 4 is 5.91 Å². The van der Waals surface area contributed by atoms with Crippen LogP contribution in [0.2, 0.25) is 0 Å². The molecule has 2 saturated heterocycles. The molecule has 1 amide bonds. The first kappa shape index (κ1) is 9.85. The summed E-state index contributed by atoms with van der Waals surface area (Å²) in [4.78, 5) is 10.8. The van der Waals surface area contributed by atoms with Crippen molar-refractivity contribution in [3.8, 4) is 0 Å². The number of aliphatic hydroxyl groups excluding tert-OH is 2. The molecule has 0 aromatic carbocycles. The van der Waals surface area contributed by atoms with E-state index in [1.54, 1.807) is 0 Å². The highest BCUT2D eigenvalue weighted by Gasteiger charge is 2.49. The third kappa shape index (κ3) is 1.50. The van der Waals surface area contributed by atoms with Crippen LogP contribution in [-0.2, 0) is 14.3 Å². The van der Waals surface area contributed by atoms with Crippen molar-refractivity contribution in [3.05, 3.63) is 0 Å². The minimum absolute atomic E-state index is 0.249. The van der Waals surface area contributed by atoms with E-state index < -0.39 is 30.6 Å². The maximum Gasteiger partial charge on any atom is 0.217 e. The van der Waals surface area contributed by atoms with E-state index in [4.69, 9.17) is 9.47 Å². The summed E-state index contributed by atoms with van der Waals surface area (Å²) in [6.07, 6.45) is -3.14. The molecular weight excluding hydrogens is 190 g/mol. The van der Waals surface area contributed by atoms with E-state index in [0.717, 1.165) is 0 Å². The van der Waals surface area contributed by atoms with Gasteiger partial charge in [-0.1, -0.05) is 0 Å². The Hall–Kier alpha value is -0.690. The Morgan fingerprint density at radius 3 is 2.79 bits per heavy atom. The Labute approximate surface area is 80.8 Å². The number of carbonyl (C=O) groups is 1. The van der Waals surface area contributed by atoms with Crippen LogP contribution < -0.4 is 5.32 Å². The van der Waals surface area contributed by atoms with E-state index in [9.17, 15) is 15.0 Å². The fraction of sp³-hybridized carbons (Fsp3) is 0.875. The topological polar surface area (TPSA) is 88.0 Å². The molecular formula is C8H13NO5. The molecule has 0 spiro atoms. The number of hydrogen-bond donors (Lipinski definition) is 3. The van der Waals surface area contributed by atoms with Crippen molar-refractivity contribution in [2.24, 2.45) is 0 Å². The van der Waals surface area contributed by atoms with Gasteiger partial charge in [0, 0.05) is 6.92 Å². The Morgan fingerprint density at radius 2 is 2.14 bits per heavy atom. The number of amides is 1. The molecule has 3 N–H and O–H groups in total. The zero-order valence-corrected chi connectivity index (χ0v) is 7.71. The van der Waals surface area contributed by atoms with Gasteiger partial charge in [0.15, 0.2) is 6.29 Å². The van der Waals surface area contributed by atoms with Crippen molar-refractivity contribution in [2.45, 2.75) is 37.6 Å². The minimum atomic E-state index is -1.02. The normalized spacial score (nSPS) is 46.4. The fourth-order valence-electron chi connectivity index (χ4n) is 1.81. The molecule has 14 heavy (non-hydrogen) atoms. The third-order valence-corrected chi connectivity index (χ3v) is 2.50. The quantitative estimate of drug-likeness (QED) is 0.457. The number of nitrogens with one attached hydrogen (secondary N) is 1. The molecule has 6 nitrogen and oxygen atoms in total. The average Bonchev–Trinajstić information content (AvgIpc) is 2.55. The smallest absolute Gasteiger partial charge is 0.217 e. The van der Waals surface area contributed by atoms with Gasteiger partial charge in [0.2, 0.25) is 5.91 Å². The van der Waals surface area contributed by atoms with Crippen LogP contribution in [0.3, 0.4) is 0 Å². The number of ether oxygens (including phenoxy) is 2. The van der Waals surface area contributed by atoms with Gasteiger partial charge in [0.05, 0.1) is 12.6 Å². The highest BCUT2D eigenvalue weighted by atomic mass is 16.7. The van der Waals surface area contributed by atoms with Gasteiger partial charge in [-0.15, -0.1) is 0 Å². The number of rotatable bonds is 1. The molecule has 5 atom stereocenters. The molecule has 2 rings (SSSR count). The average molecular weight is 203 g/mol. The number of aliphatic hydroxyl groups is 2. The molecule has 0 aromatic heterocycles. The molecule has 2 aliphatic rings. The maximum atomic E-state index is 10.8. The van der Waals surface area contributed by atoms with Crippen LogP contribution >= 0.6 is 0 Å². The lowest BCUT2D eigenvalue weighted by Gasteiger charge is -2.35. The third-order valence-electron chi connectivity index (χ3n) is 2.50. The summed E-state index contributed by atoms with van der Waals surface area (Å²) in [5, 5.41) is 21.8. The van der Waals surface area contributed by atoms with Gasteiger partial charge in [-0.05, 0) is 0 Å². The summed E-state index contributed by atoms with van der Waals surface area (Å²) in [6.45, 7) is 1.58. The van der Waals surface area contributed by atoms with Crippen LogP contribution in [-0.4, -0.2) is 53.4 Å². The molecule has 0 aromatic rings. The Morgan fingerprint density at radius 1 is 1.43 bits per heavy atom. The largest absolute Gasteiger partial charge is 0.388 e. The van der Waals surface area contributed by atoms with Crippen LogP contribution in [0.5, 0.6) is 0 Å². The van der Waals surface area contributed by atoms with Gasteiger partial charge < -0.3 is 25.0 Å². The van der Waals surface area contributed by atoms with E-state index in [-0.39, 0.29) is 12.5 Å². The molecule has 0 aliphatic carbocycles. The maximum absolute atomic E-state index is 10.8. The second-order valence-electron chi connectivity index (χ2n) is 3.58. The first-order valence-electron chi connectivity index (χ1n) is 4.50. The van der Waals surface area contributed by atoms with Gasteiger partial charge in [-0.2, -0.15) is 0 Å². The van der Waals surface area contributed by atoms with Gasteiger partial charge in [0.25, 0.3) is 0 Å². The summed E-state index contributed by atoms with van der Waals surface area (Å²) in [6, 6.07) is -0.709. The number of carbonyl (C=O) groups excluding carboxylic acids is 1. The lowest BCUT2D eigenvalue weighted by Crippen LogP contribution is -2.60. The lowest BCUT2D eigenvalue weighted by molar-refractivity contribution is -0.195. The standard InChI is InChI=1S/C8H13NO5/c1-3(10)9-5-6(11)4-2-13-8(14-4)7(5)12/h4-8,11-12H,2H2,1H3,(H,9,10)/t4-,5-,6-,7-,8-/m1/s1. The van der Waals surface area contributed by atoms with E-state index in [1.165, 1.54) is 6.92 Å². The number of hydrogen-bond acceptors (Lipinski definition) is 5. The van der Waals surface area contributed by atoms with E-state index in [2.05, 4.69) is 5.32 Å². The molecule has 80 valence electrons. The molecule has 6 heteroatoms. The van der Waals surface area contributed by atoms with E-state index in [0.29, 0.717) is 0 Å². The predicted octanol–water partition coefficient (Wildman–Crippen LogP) is -2.03. The molecule has 0 saturated carbocycles. The Bertz CT molecular complexity index is 230. The highest BCUT2D eigenvalue weighted by molar-refractivity contribution is 5.73. The lowest BCUT2D eigenvalue weighted by atomic mass is 9.98. The zero-order chi connectivity index (χ0) is 10.3. The van der Waals surface area contributed by atoms with Crippen molar-refractivity contribution in [3.63, 3.8) is 0 Å². The van der Waals surface area contributed by atoms with Crippen LogP contribution in [0.15, 0.2) is 0 Å². The molecule has 0 radical (unpaired) electrons. The summed E-state index contributed by atoms with van der Waals surface area (Å²) < 4.78 is 10.2. The molecule has 0 unspecified atom stereocenters. The SMILES string of the molecule is CC(=O)N[C@H]1[C@@H](O)[C@@H]2OC[C@@H](O2)[C@H]1O. The van der Waals surface area contributed by atoms with Crippen molar-refractivity contribution < 1.29 is 24.5 Å². The van der Waals surface area contributed by atoms with Gasteiger partial charge in [-0.3, -0.25) is 4.79 Å². The monoisotopic (exact) mass is 203 g/mol. The predicted molar refractivity (Wildman–Crippen MR) is 44.2 cm³/mol. The van der Waals surface area contributed by atoms with Crippen molar-refractivity contribution in [1.82, 2.24) is 5.32 Å². The summed E-state index contributed by atoms with van der Waals surface area (Å²) >= 11 is 0. The highest BCUT2D eigenvalue weighted by Crippen LogP contribution is 2.27. The van der Waals surface area contributed by atoms with Crippen molar-refractivity contribution in [2.75, 3.05) is 6.61 Å². The first-order chi connectivity index (χ1) is 6.59. The minimum Gasteiger partial charge on any atom is -0.388 e. The van der Waals surface area contributed by atoms with Crippen LogP contribution in [0.25, 0.3) is 0 Å². The molecule has 2 aliphatic heterocycles. The summed E-state index contributed by atoms with van der Waals surface area (Å²) in [5.74, 6) is -0.297. The summed E-state index contributed by atoms with van der Waals surface area (Å²) in [5.41, 5.74) is 0. The van der Waals surface area contributed by atoms with Crippen LogP contribution in [0, 0.1) is 0 Å². The Kier molecular flexibility index (Phi) is 2.44. The Balaban J connectivity index is 2.10. The van der Waals surface area contributed by atoms with E-state index >= 15 is 0 Å².